The number of Topliss-reactive ketones (excluding diaryl/α,β-unsaturated/α-hetero) is 1. The molecule has 0 saturated carbocycles. The van der Waals surface area contributed by atoms with Crippen LogP contribution in [0.1, 0.15) is 38.7 Å². The van der Waals surface area contributed by atoms with E-state index in [1.165, 1.54) is 13.2 Å². The molecule has 0 heterocycles. The molecule has 8 heteroatoms. The highest BCUT2D eigenvalue weighted by atomic mass is 16.6. The fourth-order valence-electron chi connectivity index (χ4n) is 3.37. The van der Waals surface area contributed by atoms with Crippen molar-refractivity contribution in [2.24, 2.45) is 11.1 Å². The number of carbonyl (C=O) groups is 2. The monoisotopic (exact) mass is 440 g/mol. The highest BCUT2D eigenvalue weighted by molar-refractivity contribution is 6.40. The number of hydrogen-bond acceptors (Lipinski definition) is 7. The van der Waals surface area contributed by atoms with Gasteiger partial charge in [0.2, 0.25) is 0 Å². The van der Waals surface area contributed by atoms with Gasteiger partial charge in [-0.25, -0.2) is 4.79 Å². The van der Waals surface area contributed by atoms with Crippen molar-refractivity contribution in [3.05, 3.63) is 64.2 Å². The largest absolute Gasteiger partial charge is 0.461 e. The lowest BCUT2D eigenvalue weighted by atomic mass is 9.88. The number of ether oxygens (including phenoxy) is 1. The second kappa shape index (κ2) is 12.3. The minimum Gasteiger partial charge on any atom is -0.461 e. The van der Waals surface area contributed by atoms with Gasteiger partial charge in [0.25, 0.3) is 5.69 Å². The molecule has 0 fully saturated rings. The van der Waals surface area contributed by atoms with E-state index in [1.54, 1.807) is 49.4 Å². The first-order valence-electron chi connectivity index (χ1n) is 10.6. The molecule has 0 bridgehead atoms. The molecule has 0 aliphatic heterocycles. The lowest BCUT2D eigenvalue weighted by Gasteiger charge is -2.17. The molecule has 32 heavy (non-hydrogen) atoms. The minimum atomic E-state index is -0.808. The van der Waals surface area contributed by atoms with E-state index in [0.717, 1.165) is 12.0 Å². The third kappa shape index (κ3) is 6.47. The van der Waals surface area contributed by atoms with Crippen LogP contribution in [0.3, 0.4) is 0 Å². The predicted molar refractivity (Wildman–Crippen MR) is 121 cm³/mol. The van der Waals surface area contributed by atoms with Crippen molar-refractivity contribution in [2.45, 2.75) is 39.5 Å². The minimum absolute atomic E-state index is 0.0182. The smallest absolute Gasteiger partial charge is 0.356 e. The second-order valence-corrected chi connectivity index (χ2v) is 7.18. The molecule has 0 amide bonds. The lowest BCUT2D eigenvalue weighted by molar-refractivity contribution is -0.384. The number of nitro groups is 1. The number of hydrogen-bond donors (Lipinski definition) is 0. The summed E-state index contributed by atoms with van der Waals surface area (Å²) in [5.41, 5.74) is 1.94. The van der Waals surface area contributed by atoms with Crippen LogP contribution in [0.25, 0.3) is 11.1 Å². The van der Waals surface area contributed by atoms with Gasteiger partial charge in [-0.15, -0.1) is 0 Å². The summed E-state index contributed by atoms with van der Waals surface area (Å²) in [4.78, 5) is 41.1. The maximum Gasteiger partial charge on any atom is 0.356 e. The van der Waals surface area contributed by atoms with E-state index >= 15 is 0 Å². The van der Waals surface area contributed by atoms with Crippen LogP contribution in [-0.4, -0.2) is 36.1 Å². The summed E-state index contributed by atoms with van der Waals surface area (Å²) < 4.78 is 5.08. The zero-order chi connectivity index (χ0) is 23.5. The third-order valence-electron chi connectivity index (χ3n) is 4.98. The molecule has 2 aromatic rings. The predicted octanol–water partition coefficient (Wildman–Crippen LogP) is 4.75. The van der Waals surface area contributed by atoms with Gasteiger partial charge in [-0.2, -0.15) is 0 Å². The van der Waals surface area contributed by atoms with Crippen LogP contribution >= 0.6 is 0 Å². The Kier molecular flexibility index (Phi) is 9.53. The Bertz CT molecular complexity index is 969. The molecule has 1 unspecified atom stereocenters. The molecule has 8 nitrogen and oxygen atoms in total. The van der Waals surface area contributed by atoms with Crippen molar-refractivity contribution in [1.82, 2.24) is 0 Å². The number of benzene rings is 2. The molecule has 0 N–H and O–H groups in total. The first-order chi connectivity index (χ1) is 15.4. The second-order valence-electron chi connectivity index (χ2n) is 7.18. The molecule has 0 radical (unpaired) electrons. The van der Waals surface area contributed by atoms with Gasteiger partial charge in [0.1, 0.15) is 12.9 Å². The van der Waals surface area contributed by atoms with E-state index in [-0.39, 0.29) is 30.2 Å². The number of ketones is 1. The van der Waals surface area contributed by atoms with Gasteiger partial charge >= 0.3 is 5.97 Å². The molecular weight excluding hydrogens is 412 g/mol. The number of rotatable bonds is 12. The van der Waals surface area contributed by atoms with Gasteiger partial charge in [0.15, 0.2) is 5.71 Å². The summed E-state index contributed by atoms with van der Waals surface area (Å²) in [5.74, 6) is -1.60. The van der Waals surface area contributed by atoms with E-state index in [9.17, 15) is 19.7 Å². The Morgan fingerprint density at radius 1 is 1.09 bits per heavy atom. The highest BCUT2D eigenvalue weighted by Crippen LogP contribution is 2.30. The Morgan fingerprint density at radius 2 is 1.78 bits per heavy atom. The first-order valence-corrected chi connectivity index (χ1v) is 10.6. The molecular formula is C24H28N2O6. The topological polar surface area (TPSA) is 108 Å². The van der Waals surface area contributed by atoms with Crippen molar-refractivity contribution in [1.29, 1.82) is 0 Å². The zero-order valence-corrected chi connectivity index (χ0v) is 18.6. The molecule has 0 aliphatic carbocycles. The van der Waals surface area contributed by atoms with E-state index in [1.807, 2.05) is 6.92 Å². The van der Waals surface area contributed by atoms with Crippen LogP contribution in [0.2, 0.25) is 0 Å². The average Bonchev–Trinajstić information content (AvgIpc) is 2.80. The van der Waals surface area contributed by atoms with Gasteiger partial charge in [-0.05, 0) is 37.0 Å². The molecule has 1 atom stereocenters. The van der Waals surface area contributed by atoms with Gasteiger partial charge in [0.05, 0.1) is 23.0 Å². The van der Waals surface area contributed by atoms with E-state index in [2.05, 4.69) is 5.16 Å². The summed E-state index contributed by atoms with van der Waals surface area (Å²) in [5, 5.41) is 15.1. The van der Waals surface area contributed by atoms with E-state index in [0.29, 0.717) is 24.0 Å². The number of oxime groups is 1. The molecule has 2 aromatic carbocycles. The lowest BCUT2D eigenvalue weighted by Crippen LogP contribution is -2.33. The maximum absolute atomic E-state index is 12.9. The molecule has 0 spiro atoms. The Hall–Kier alpha value is -3.55. The Labute approximate surface area is 187 Å². The highest BCUT2D eigenvalue weighted by Gasteiger charge is 2.31. The van der Waals surface area contributed by atoms with Crippen molar-refractivity contribution in [3.63, 3.8) is 0 Å². The number of nitrogens with zero attached hydrogens (tertiary/aromatic N) is 2. The number of esters is 1. The van der Waals surface area contributed by atoms with Gasteiger partial charge in [0, 0.05) is 12.5 Å². The fourth-order valence-corrected chi connectivity index (χ4v) is 3.37. The van der Waals surface area contributed by atoms with Crippen LogP contribution in [0.5, 0.6) is 0 Å². The van der Waals surface area contributed by atoms with Crippen molar-refractivity contribution in [2.75, 3.05) is 13.7 Å². The van der Waals surface area contributed by atoms with Crippen molar-refractivity contribution >= 4 is 23.2 Å². The summed E-state index contributed by atoms with van der Waals surface area (Å²) >= 11 is 0. The normalized spacial score (nSPS) is 12.2. The summed E-state index contributed by atoms with van der Waals surface area (Å²) in [6, 6.07) is 13.6. The number of para-hydroxylation sites is 1. The number of carbonyl (C=O) groups excluding carboxylic acids is 2. The molecule has 0 saturated heterocycles. The summed E-state index contributed by atoms with van der Waals surface area (Å²) in [7, 11) is 1.31. The van der Waals surface area contributed by atoms with Crippen LogP contribution in [0, 0.1) is 16.0 Å². The molecule has 0 aromatic heterocycles. The van der Waals surface area contributed by atoms with Crippen LogP contribution < -0.4 is 0 Å². The fraction of sp³-hybridized carbons (Fsp3) is 0.375. The summed E-state index contributed by atoms with van der Waals surface area (Å²) in [6.07, 6.45) is 2.10. The third-order valence-corrected chi connectivity index (χ3v) is 4.98. The standard InChI is InChI=1S/C24H28N2O6/c1-4-6-11-22(27)20(23(25-31-3)24(28)32-5-2)16-17-12-14-18(15-13-17)19-9-7-8-10-21(19)26(29)30/h7-10,12-15,20H,4-6,11,16H2,1-3H3/b25-23-. The first kappa shape index (κ1) is 24.7. The van der Waals surface area contributed by atoms with E-state index < -0.39 is 16.8 Å². The van der Waals surface area contributed by atoms with Crippen LogP contribution in [0.15, 0.2) is 53.7 Å². The number of unbranched alkanes of at least 4 members (excludes halogenated alkanes) is 1. The van der Waals surface area contributed by atoms with Crippen molar-refractivity contribution < 1.29 is 24.1 Å². The Morgan fingerprint density at radius 3 is 2.38 bits per heavy atom. The SMILES string of the molecule is CCCCC(=O)C(Cc1ccc(-c2ccccc2[N+](=O)[O-])cc1)/C(=N/OC)C(=O)OCC. The van der Waals surface area contributed by atoms with Crippen LogP contribution in [-0.2, 0) is 25.6 Å². The maximum atomic E-state index is 12.9. The average molecular weight is 440 g/mol. The molecule has 2 rings (SSSR count). The number of nitro benzene ring substituents is 1. The molecule has 170 valence electrons. The quantitative estimate of drug-likeness (QED) is 0.204. The van der Waals surface area contributed by atoms with E-state index in [4.69, 9.17) is 9.57 Å². The molecule has 0 aliphatic rings. The summed E-state index contributed by atoms with van der Waals surface area (Å²) in [6.45, 7) is 3.82. The van der Waals surface area contributed by atoms with Gasteiger partial charge in [-0.3, -0.25) is 14.9 Å². The van der Waals surface area contributed by atoms with Gasteiger partial charge < -0.3 is 9.57 Å². The zero-order valence-electron chi connectivity index (χ0n) is 18.6. The van der Waals surface area contributed by atoms with Crippen molar-refractivity contribution in [3.8, 4) is 11.1 Å². The van der Waals surface area contributed by atoms with Crippen LogP contribution in [0.4, 0.5) is 5.69 Å². The van der Waals surface area contributed by atoms with Gasteiger partial charge in [-0.1, -0.05) is 54.9 Å². The Balaban J connectivity index is 2.35.